The highest BCUT2D eigenvalue weighted by Gasteiger charge is 2.19. The Balaban J connectivity index is 2.68. The zero-order valence-corrected chi connectivity index (χ0v) is 14.2. The summed E-state index contributed by atoms with van der Waals surface area (Å²) >= 11 is 17.5. The van der Waals surface area contributed by atoms with Crippen molar-refractivity contribution in [2.75, 3.05) is 13.2 Å². The lowest BCUT2D eigenvalue weighted by molar-refractivity contribution is 0.0778. The van der Waals surface area contributed by atoms with Gasteiger partial charge in [-0.1, -0.05) is 34.8 Å². The average Bonchev–Trinajstić information content (AvgIpc) is 2.32. The first-order chi connectivity index (χ1) is 9.24. The van der Waals surface area contributed by atoms with E-state index in [-0.39, 0.29) is 32.6 Å². The lowest BCUT2D eigenvalue weighted by Gasteiger charge is -2.10. The number of sulfonamides is 1. The van der Waals surface area contributed by atoms with Crippen LogP contribution in [0.25, 0.3) is 0 Å². The zero-order valence-electron chi connectivity index (χ0n) is 11.1. The molecule has 4 nitrogen and oxygen atoms in total. The van der Waals surface area contributed by atoms with Crippen LogP contribution < -0.4 is 4.72 Å². The molecule has 0 aromatic heterocycles. The first-order valence-corrected chi connectivity index (χ1v) is 8.61. The maximum atomic E-state index is 12.1. The summed E-state index contributed by atoms with van der Waals surface area (Å²) in [6.45, 7) is 4.57. The summed E-state index contributed by atoms with van der Waals surface area (Å²) in [5.74, 6) is 0. The number of ether oxygens (including phenoxy) is 1. The van der Waals surface area contributed by atoms with Gasteiger partial charge in [-0.15, -0.1) is 0 Å². The lowest BCUT2D eigenvalue weighted by Crippen LogP contribution is -2.26. The van der Waals surface area contributed by atoms with Crippen molar-refractivity contribution in [3.05, 3.63) is 27.2 Å². The van der Waals surface area contributed by atoms with Gasteiger partial charge < -0.3 is 4.74 Å². The Morgan fingerprint density at radius 2 is 1.75 bits per heavy atom. The van der Waals surface area contributed by atoms with Crippen LogP contribution in [0.5, 0.6) is 0 Å². The predicted molar refractivity (Wildman–Crippen MR) is 82.4 cm³/mol. The van der Waals surface area contributed by atoms with Crippen LogP contribution in [0.2, 0.25) is 15.1 Å². The molecule has 114 valence electrons. The first-order valence-electron chi connectivity index (χ1n) is 6.00. The smallest absolute Gasteiger partial charge is 0.242 e. The van der Waals surface area contributed by atoms with Gasteiger partial charge in [0.15, 0.2) is 0 Å². The minimum absolute atomic E-state index is 0.0327. The van der Waals surface area contributed by atoms with Gasteiger partial charge in [-0.05, 0) is 32.4 Å². The summed E-state index contributed by atoms with van der Waals surface area (Å²) in [5, 5.41) is 0.380. The van der Waals surface area contributed by atoms with Crippen LogP contribution in [-0.2, 0) is 14.8 Å². The molecule has 0 fully saturated rings. The van der Waals surface area contributed by atoms with Gasteiger partial charge in [0.05, 0.1) is 21.2 Å². The zero-order chi connectivity index (χ0) is 15.3. The molecule has 0 unspecified atom stereocenters. The molecule has 1 aromatic rings. The second-order valence-corrected chi connectivity index (χ2v) is 7.32. The molecule has 1 aromatic carbocycles. The van der Waals surface area contributed by atoms with Gasteiger partial charge in [-0.25, -0.2) is 13.1 Å². The number of halogens is 3. The van der Waals surface area contributed by atoms with Gasteiger partial charge in [0, 0.05) is 13.2 Å². The highest BCUT2D eigenvalue weighted by atomic mass is 35.5. The third-order valence-corrected chi connectivity index (χ3v) is 4.98. The van der Waals surface area contributed by atoms with Gasteiger partial charge in [-0.2, -0.15) is 0 Å². The van der Waals surface area contributed by atoms with Crippen LogP contribution in [0.3, 0.4) is 0 Å². The Morgan fingerprint density at radius 1 is 1.15 bits per heavy atom. The van der Waals surface area contributed by atoms with Crippen molar-refractivity contribution in [1.82, 2.24) is 4.72 Å². The highest BCUT2D eigenvalue weighted by Crippen LogP contribution is 2.31. The monoisotopic (exact) mass is 359 g/mol. The van der Waals surface area contributed by atoms with E-state index in [2.05, 4.69) is 4.72 Å². The predicted octanol–water partition coefficient (Wildman–Crippen LogP) is 3.74. The fourth-order valence-corrected chi connectivity index (χ4v) is 3.46. The topological polar surface area (TPSA) is 55.4 Å². The molecule has 0 spiro atoms. The molecule has 8 heteroatoms. The molecule has 0 heterocycles. The molecule has 0 radical (unpaired) electrons. The minimum atomic E-state index is -3.71. The minimum Gasteiger partial charge on any atom is -0.379 e. The lowest BCUT2D eigenvalue weighted by atomic mass is 10.4. The van der Waals surface area contributed by atoms with Crippen LogP contribution in [0.4, 0.5) is 0 Å². The van der Waals surface area contributed by atoms with Crippen LogP contribution in [0.15, 0.2) is 17.0 Å². The number of hydrogen-bond donors (Lipinski definition) is 1. The van der Waals surface area contributed by atoms with E-state index in [4.69, 9.17) is 39.5 Å². The maximum Gasteiger partial charge on any atom is 0.242 e. The first kappa shape index (κ1) is 18.0. The van der Waals surface area contributed by atoms with Crippen molar-refractivity contribution in [3.63, 3.8) is 0 Å². The quantitative estimate of drug-likeness (QED) is 0.595. The molecule has 0 saturated carbocycles. The van der Waals surface area contributed by atoms with E-state index in [0.29, 0.717) is 13.0 Å². The van der Waals surface area contributed by atoms with E-state index in [9.17, 15) is 8.42 Å². The average molecular weight is 361 g/mol. The third-order valence-electron chi connectivity index (χ3n) is 2.33. The normalized spacial score (nSPS) is 12.1. The Kier molecular flexibility index (Phi) is 7.04. The molecule has 0 bridgehead atoms. The van der Waals surface area contributed by atoms with E-state index in [1.54, 1.807) is 0 Å². The van der Waals surface area contributed by atoms with Crippen LogP contribution in [0.1, 0.15) is 20.3 Å². The molecule has 0 atom stereocenters. The van der Waals surface area contributed by atoms with Crippen molar-refractivity contribution in [2.45, 2.75) is 31.3 Å². The Labute approximate surface area is 134 Å². The van der Waals surface area contributed by atoms with Crippen LogP contribution >= 0.6 is 34.8 Å². The summed E-state index contributed by atoms with van der Waals surface area (Å²) in [6.07, 6.45) is 0.687. The molecule has 1 N–H and O–H groups in total. The van der Waals surface area contributed by atoms with Gasteiger partial charge in [0.2, 0.25) is 10.0 Å². The van der Waals surface area contributed by atoms with Crippen molar-refractivity contribution in [3.8, 4) is 0 Å². The number of nitrogens with one attached hydrogen (secondary N) is 1. The van der Waals surface area contributed by atoms with Crippen molar-refractivity contribution in [1.29, 1.82) is 0 Å². The van der Waals surface area contributed by atoms with Crippen molar-refractivity contribution >= 4 is 44.8 Å². The van der Waals surface area contributed by atoms with Gasteiger partial charge >= 0.3 is 0 Å². The van der Waals surface area contributed by atoms with Crippen molar-refractivity contribution in [2.24, 2.45) is 0 Å². The number of rotatable bonds is 7. The fraction of sp³-hybridized carbons (Fsp3) is 0.500. The van der Waals surface area contributed by atoms with E-state index in [1.807, 2.05) is 13.8 Å². The number of benzene rings is 1. The Hall–Kier alpha value is -0.0400. The SMILES string of the molecule is CC(C)OCCCNS(=O)(=O)c1cc(Cl)c(Cl)cc1Cl. The van der Waals surface area contributed by atoms with Crippen LogP contribution in [0, 0.1) is 0 Å². The van der Waals surface area contributed by atoms with E-state index in [1.165, 1.54) is 12.1 Å². The summed E-state index contributed by atoms with van der Waals surface area (Å²) in [6, 6.07) is 2.54. The van der Waals surface area contributed by atoms with Gasteiger partial charge in [-0.3, -0.25) is 0 Å². The molecular weight excluding hydrogens is 345 g/mol. The summed E-state index contributed by atoms with van der Waals surface area (Å²) < 4.78 is 31.9. The van der Waals surface area contributed by atoms with Crippen molar-refractivity contribution < 1.29 is 13.2 Å². The molecule has 0 aliphatic heterocycles. The number of hydrogen-bond acceptors (Lipinski definition) is 3. The molecular formula is C12H16Cl3NO3S. The highest BCUT2D eigenvalue weighted by molar-refractivity contribution is 7.89. The molecule has 1 rings (SSSR count). The van der Waals surface area contributed by atoms with Gasteiger partial charge in [0.1, 0.15) is 4.90 Å². The molecule has 20 heavy (non-hydrogen) atoms. The van der Waals surface area contributed by atoms with Crippen LogP contribution in [-0.4, -0.2) is 27.7 Å². The van der Waals surface area contributed by atoms with E-state index < -0.39 is 10.0 Å². The second kappa shape index (κ2) is 7.82. The van der Waals surface area contributed by atoms with Gasteiger partial charge in [0.25, 0.3) is 0 Å². The fourth-order valence-electron chi connectivity index (χ4n) is 1.39. The summed E-state index contributed by atoms with van der Waals surface area (Å²) in [4.78, 5) is -0.0849. The largest absolute Gasteiger partial charge is 0.379 e. The second-order valence-electron chi connectivity index (χ2n) is 4.37. The maximum absolute atomic E-state index is 12.1. The summed E-state index contributed by atoms with van der Waals surface area (Å²) in [7, 11) is -3.71. The molecule has 0 amide bonds. The Bertz CT molecular complexity index is 561. The summed E-state index contributed by atoms with van der Waals surface area (Å²) in [5.41, 5.74) is 0. The van der Waals surface area contributed by atoms with E-state index in [0.717, 1.165) is 0 Å². The third kappa shape index (κ3) is 5.39. The standard InChI is InChI=1S/C12H16Cl3NO3S/c1-8(2)19-5-3-4-16-20(17,18)12-7-10(14)9(13)6-11(12)15/h6-8,16H,3-5H2,1-2H3. The molecule has 0 aliphatic rings. The van der Waals surface area contributed by atoms with E-state index >= 15 is 0 Å². The Morgan fingerprint density at radius 3 is 2.35 bits per heavy atom. The molecule has 0 aliphatic carbocycles. The molecule has 0 saturated heterocycles.